The van der Waals surface area contributed by atoms with Crippen molar-refractivity contribution < 1.29 is 5.11 Å². The first-order chi connectivity index (χ1) is 14.0. The molecule has 4 rings (SSSR count). The molecule has 0 radical (unpaired) electrons. The van der Waals surface area contributed by atoms with Gasteiger partial charge in [-0.15, -0.1) is 0 Å². The molecule has 1 aromatic carbocycles. The predicted molar refractivity (Wildman–Crippen MR) is 120 cm³/mol. The van der Waals surface area contributed by atoms with Crippen molar-refractivity contribution in [1.82, 2.24) is 15.3 Å². The van der Waals surface area contributed by atoms with E-state index in [1.54, 1.807) is 6.07 Å². The number of anilines is 4. The van der Waals surface area contributed by atoms with Crippen LogP contribution in [-0.2, 0) is 0 Å². The fourth-order valence-corrected chi connectivity index (χ4v) is 4.69. The smallest absolute Gasteiger partial charge is 0.223 e. The van der Waals surface area contributed by atoms with Gasteiger partial charge < -0.3 is 31.7 Å². The van der Waals surface area contributed by atoms with Crippen LogP contribution in [0, 0.1) is 5.92 Å². The molecule has 6 N–H and O–H groups in total. The number of benzene rings is 1. The third kappa shape index (κ3) is 4.57. The summed E-state index contributed by atoms with van der Waals surface area (Å²) in [4.78, 5) is 12.9. The van der Waals surface area contributed by atoms with Crippen LogP contribution >= 0.6 is 15.9 Å². The average molecular weight is 462 g/mol. The molecule has 1 aromatic heterocycles. The Kier molecular flexibility index (Phi) is 6.07. The summed E-state index contributed by atoms with van der Waals surface area (Å²) >= 11 is 3.73. The highest BCUT2D eigenvalue weighted by atomic mass is 79.9. The number of nitrogen functional groups attached to an aromatic ring is 2. The quantitative estimate of drug-likeness (QED) is 0.543. The first-order valence-electron chi connectivity index (χ1n) is 10.1. The highest BCUT2D eigenvalue weighted by molar-refractivity contribution is 9.10. The molecule has 8 nitrogen and oxygen atoms in total. The van der Waals surface area contributed by atoms with E-state index in [-0.39, 0.29) is 12.0 Å². The van der Waals surface area contributed by atoms with Crippen molar-refractivity contribution in [2.75, 3.05) is 60.6 Å². The lowest BCUT2D eigenvalue weighted by Gasteiger charge is -2.36. The number of nitrogens with one attached hydrogen (secondary N) is 1. The van der Waals surface area contributed by atoms with E-state index < -0.39 is 0 Å². The van der Waals surface area contributed by atoms with E-state index in [1.165, 1.54) is 11.3 Å². The van der Waals surface area contributed by atoms with E-state index in [0.717, 1.165) is 55.9 Å². The van der Waals surface area contributed by atoms with E-state index >= 15 is 0 Å². The second-order valence-electron chi connectivity index (χ2n) is 7.78. The van der Waals surface area contributed by atoms with Gasteiger partial charge in [-0.1, -0.05) is 15.9 Å². The van der Waals surface area contributed by atoms with E-state index in [2.05, 4.69) is 59.2 Å². The van der Waals surface area contributed by atoms with E-state index in [0.29, 0.717) is 18.3 Å². The van der Waals surface area contributed by atoms with Crippen LogP contribution in [-0.4, -0.2) is 54.4 Å². The number of halogens is 1. The third-order valence-electron chi connectivity index (χ3n) is 5.84. The minimum atomic E-state index is 0.158. The number of hydrogen-bond donors (Lipinski definition) is 4. The van der Waals surface area contributed by atoms with E-state index in [9.17, 15) is 5.11 Å². The topological polar surface area (TPSA) is 117 Å². The highest BCUT2D eigenvalue weighted by Crippen LogP contribution is 2.32. The van der Waals surface area contributed by atoms with Crippen LogP contribution in [0.4, 0.5) is 23.3 Å². The van der Waals surface area contributed by atoms with Gasteiger partial charge >= 0.3 is 0 Å². The maximum absolute atomic E-state index is 9.39. The first-order valence-corrected chi connectivity index (χ1v) is 10.9. The van der Waals surface area contributed by atoms with Gasteiger partial charge in [-0.25, -0.2) is 0 Å². The zero-order valence-electron chi connectivity index (χ0n) is 16.4. The summed E-state index contributed by atoms with van der Waals surface area (Å²) in [5.74, 6) is 1.78. The molecular weight excluding hydrogens is 434 g/mol. The number of hydrogen-bond acceptors (Lipinski definition) is 8. The van der Waals surface area contributed by atoms with Crippen molar-refractivity contribution in [3.8, 4) is 0 Å². The maximum Gasteiger partial charge on any atom is 0.223 e. The molecule has 0 bridgehead atoms. The summed E-state index contributed by atoms with van der Waals surface area (Å²) in [6.07, 6.45) is 2.07. The van der Waals surface area contributed by atoms with Crippen LogP contribution in [0.3, 0.4) is 0 Å². The number of aromatic nitrogens is 2. The van der Waals surface area contributed by atoms with Gasteiger partial charge in [-0.2, -0.15) is 9.97 Å². The lowest BCUT2D eigenvalue weighted by molar-refractivity contribution is 0.203. The Morgan fingerprint density at radius 3 is 2.62 bits per heavy atom. The molecule has 0 saturated carbocycles. The minimum Gasteiger partial charge on any atom is -0.396 e. The van der Waals surface area contributed by atoms with Crippen molar-refractivity contribution in [3.63, 3.8) is 0 Å². The molecule has 0 aliphatic carbocycles. The molecule has 2 aliphatic rings. The fourth-order valence-electron chi connectivity index (χ4n) is 4.17. The van der Waals surface area contributed by atoms with Crippen molar-refractivity contribution in [3.05, 3.63) is 34.3 Å². The second kappa shape index (κ2) is 8.73. The van der Waals surface area contributed by atoms with Gasteiger partial charge in [0.05, 0.1) is 6.04 Å². The van der Waals surface area contributed by atoms with Gasteiger partial charge in [0.2, 0.25) is 5.95 Å². The molecule has 3 heterocycles. The standard InChI is InChI=1S/C20H28BrN7O/c21-16-2-1-14(27-6-3-13(12-29)4-7-27)9-15(16)17-11-28(8-5-24-17)19-10-18(22)25-20(23)26-19/h1-2,9-10,13,17,24,29H,3-8,11-12H2,(H4,22,23,25,26). The number of rotatable bonds is 4. The molecular formula is C20H28BrN7O. The van der Waals surface area contributed by atoms with E-state index in [1.807, 2.05) is 0 Å². The number of aliphatic hydroxyl groups is 1. The first kappa shape index (κ1) is 20.2. The number of nitrogens with zero attached hydrogens (tertiary/aromatic N) is 4. The molecule has 29 heavy (non-hydrogen) atoms. The number of nitrogens with two attached hydrogens (primary N) is 2. The maximum atomic E-state index is 9.39. The summed E-state index contributed by atoms with van der Waals surface area (Å²) < 4.78 is 1.09. The van der Waals surface area contributed by atoms with Gasteiger partial charge in [-0.05, 0) is 42.5 Å². The molecule has 2 saturated heterocycles. The molecule has 1 unspecified atom stereocenters. The number of piperazine rings is 1. The van der Waals surface area contributed by atoms with Crippen molar-refractivity contribution in [1.29, 1.82) is 0 Å². The van der Waals surface area contributed by atoms with Crippen LogP contribution in [0.1, 0.15) is 24.4 Å². The molecule has 156 valence electrons. The van der Waals surface area contributed by atoms with Gasteiger partial charge in [-0.3, -0.25) is 0 Å². The Labute approximate surface area is 179 Å². The molecule has 2 aromatic rings. The summed E-state index contributed by atoms with van der Waals surface area (Å²) in [5, 5.41) is 13.0. The summed E-state index contributed by atoms with van der Waals surface area (Å²) in [7, 11) is 0. The van der Waals surface area contributed by atoms with E-state index in [4.69, 9.17) is 11.5 Å². The van der Waals surface area contributed by atoms with Crippen molar-refractivity contribution in [2.45, 2.75) is 18.9 Å². The predicted octanol–water partition coefficient (Wildman–Crippen LogP) is 1.76. The number of piperidine rings is 1. The van der Waals surface area contributed by atoms with Crippen LogP contribution in [0.25, 0.3) is 0 Å². The van der Waals surface area contributed by atoms with Gasteiger partial charge in [0.25, 0.3) is 0 Å². The zero-order valence-corrected chi connectivity index (χ0v) is 18.0. The van der Waals surface area contributed by atoms with Gasteiger partial charge in [0, 0.05) is 55.6 Å². The van der Waals surface area contributed by atoms with Crippen molar-refractivity contribution in [2.24, 2.45) is 5.92 Å². The summed E-state index contributed by atoms with van der Waals surface area (Å²) in [6.45, 7) is 4.70. The Balaban J connectivity index is 1.53. The summed E-state index contributed by atoms with van der Waals surface area (Å²) in [5.41, 5.74) is 14.1. The largest absolute Gasteiger partial charge is 0.396 e. The second-order valence-corrected chi connectivity index (χ2v) is 8.64. The third-order valence-corrected chi connectivity index (χ3v) is 6.56. The Bertz CT molecular complexity index is 836. The van der Waals surface area contributed by atoms with Gasteiger partial charge in [0.15, 0.2) is 0 Å². The van der Waals surface area contributed by atoms with Crippen molar-refractivity contribution >= 4 is 39.2 Å². The van der Waals surface area contributed by atoms with Crippen LogP contribution < -0.4 is 26.6 Å². The fraction of sp³-hybridized carbons (Fsp3) is 0.500. The normalized spacial score (nSPS) is 20.8. The molecule has 2 fully saturated rings. The van der Waals surface area contributed by atoms with Crippen LogP contribution in [0.2, 0.25) is 0 Å². The lowest BCUT2D eigenvalue weighted by atomic mass is 9.96. The lowest BCUT2D eigenvalue weighted by Crippen LogP contribution is -2.46. The average Bonchev–Trinajstić information content (AvgIpc) is 2.73. The highest BCUT2D eigenvalue weighted by Gasteiger charge is 2.25. The zero-order chi connectivity index (χ0) is 20.4. The molecule has 0 amide bonds. The molecule has 9 heteroatoms. The summed E-state index contributed by atoms with van der Waals surface area (Å²) in [6, 6.07) is 8.50. The van der Waals surface area contributed by atoms with Crippen LogP contribution in [0.15, 0.2) is 28.7 Å². The molecule has 1 atom stereocenters. The Hall–Kier alpha value is -2.10. The Morgan fingerprint density at radius 1 is 1.10 bits per heavy atom. The monoisotopic (exact) mass is 461 g/mol. The number of aliphatic hydroxyl groups excluding tert-OH is 1. The minimum absolute atomic E-state index is 0.158. The molecule has 2 aliphatic heterocycles. The SMILES string of the molecule is Nc1cc(N2CCNC(c3cc(N4CCC(CO)CC4)ccc3Br)C2)nc(N)n1. The van der Waals surface area contributed by atoms with Gasteiger partial charge in [0.1, 0.15) is 11.6 Å². The van der Waals surface area contributed by atoms with Crippen LogP contribution in [0.5, 0.6) is 0 Å². The molecule has 0 spiro atoms. The Morgan fingerprint density at radius 2 is 1.90 bits per heavy atom.